The van der Waals surface area contributed by atoms with Crippen molar-refractivity contribution in [1.29, 1.82) is 0 Å². The van der Waals surface area contributed by atoms with E-state index in [-0.39, 0.29) is 6.04 Å². The molecule has 1 saturated carbocycles. The number of carboxylic acid groups (broad SMARTS) is 1. The Hall–Kier alpha value is -1.36. The van der Waals surface area contributed by atoms with Crippen molar-refractivity contribution in [3.05, 3.63) is 18.0 Å². The average Bonchev–Trinajstić information content (AvgIpc) is 2.65. The summed E-state index contributed by atoms with van der Waals surface area (Å²) < 4.78 is 1.85. The lowest BCUT2D eigenvalue weighted by Gasteiger charge is -2.34. The third-order valence-electron chi connectivity index (χ3n) is 3.29. The molecule has 16 heavy (non-hydrogen) atoms. The fourth-order valence-corrected chi connectivity index (χ4v) is 2.33. The van der Waals surface area contributed by atoms with Gasteiger partial charge in [-0.3, -0.25) is 9.48 Å². The second kappa shape index (κ2) is 3.90. The molecule has 2 unspecified atom stereocenters. The number of aromatic nitrogens is 2. The van der Waals surface area contributed by atoms with Crippen molar-refractivity contribution < 1.29 is 9.90 Å². The molecular weight excluding hydrogens is 206 g/mol. The second-order valence-corrected chi connectivity index (χ2v) is 4.71. The highest BCUT2D eigenvalue weighted by atomic mass is 16.4. The van der Waals surface area contributed by atoms with Crippen LogP contribution in [0.1, 0.15) is 37.3 Å². The fourth-order valence-electron chi connectivity index (χ4n) is 2.33. The summed E-state index contributed by atoms with van der Waals surface area (Å²) in [6, 6.07) is 0.114. The van der Waals surface area contributed by atoms with Crippen LogP contribution in [0.5, 0.6) is 0 Å². The maximum atomic E-state index is 11.1. The summed E-state index contributed by atoms with van der Waals surface area (Å²) in [7, 11) is 0. The first-order valence-electron chi connectivity index (χ1n) is 5.54. The van der Waals surface area contributed by atoms with Gasteiger partial charge in [0.1, 0.15) is 5.54 Å². The molecular formula is C11H17N3O2. The van der Waals surface area contributed by atoms with E-state index in [0.717, 1.165) is 18.4 Å². The molecule has 0 aliphatic heterocycles. The first-order valence-corrected chi connectivity index (χ1v) is 5.54. The Morgan fingerprint density at radius 1 is 1.75 bits per heavy atom. The summed E-state index contributed by atoms with van der Waals surface area (Å²) in [5.41, 5.74) is 5.90. The number of hydrogen-bond donors (Lipinski definition) is 2. The molecule has 0 spiro atoms. The summed E-state index contributed by atoms with van der Waals surface area (Å²) >= 11 is 0. The van der Waals surface area contributed by atoms with Crippen molar-refractivity contribution >= 4 is 5.97 Å². The predicted molar refractivity (Wildman–Crippen MR) is 59.0 cm³/mol. The maximum Gasteiger partial charge on any atom is 0.323 e. The zero-order chi connectivity index (χ0) is 11.8. The van der Waals surface area contributed by atoms with Crippen LogP contribution in [0.25, 0.3) is 0 Å². The Morgan fingerprint density at radius 3 is 3.06 bits per heavy atom. The number of nitrogens with zero attached hydrogens (tertiary/aromatic N) is 2. The lowest BCUT2D eigenvalue weighted by molar-refractivity contribution is -0.145. The number of carbonyl (C=O) groups is 1. The Bertz CT molecular complexity index is 402. The Kier molecular flexibility index (Phi) is 2.71. The maximum absolute atomic E-state index is 11.1. The SMILES string of the molecule is Cc1cnn(C2CCCC(N)(C(=O)O)C2)c1. The van der Waals surface area contributed by atoms with Gasteiger partial charge in [0.25, 0.3) is 0 Å². The smallest absolute Gasteiger partial charge is 0.323 e. The van der Waals surface area contributed by atoms with Crippen molar-refractivity contribution in [1.82, 2.24) is 9.78 Å². The van der Waals surface area contributed by atoms with E-state index in [9.17, 15) is 4.79 Å². The molecule has 88 valence electrons. The standard InChI is InChI=1S/C11H17N3O2/c1-8-6-13-14(7-8)9-3-2-4-11(12,5-9)10(15)16/h6-7,9H,2-5,12H2,1H3,(H,15,16). The number of nitrogens with two attached hydrogens (primary N) is 1. The third-order valence-corrected chi connectivity index (χ3v) is 3.29. The van der Waals surface area contributed by atoms with Crippen LogP contribution in [0.4, 0.5) is 0 Å². The highest BCUT2D eigenvalue weighted by Crippen LogP contribution is 2.33. The van der Waals surface area contributed by atoms with Gasteiger partial charge in [0.05, 0.1) is 12.2 Å². The van der Waals surface area contributed by atoms with Gasteiger partial charge in [-0.15, -0.1) is 0 Å². The highest BCUT2D eigenvalue weighted by Gasteiger charge is 2.40. The molecule has 3 N–H and O–H groups in total. The van der Waals surface area contributed by atoms with Crippen LogP contribution in [-0.4, -0.2) is 26.4 Å². The van der Waals surface area contributed by atoms with Gasteiger partial charge in [-0.1, -0.05) is 0 Å². The van der Waals surface area contributed by atoms with Crippen LogP contribution in [0.3, 0.4) is 0 Å². The zero-order valence-corrected chi connectivity index (χ0v) is 9.39. The van der Waals surface area contributed by atoms with E-state index in [4.69, 9.17) is 10.8 Å². The molecule has 0 aromatic carbocycles. The molecule has 2 rings (SSSR count). The minimum Gasteiger partial charge on any atom is -0.480 e. The van der Waals surface area contributed by atoms with Gasteiger partial charge in [0, 0.05) is 6.20 Å². The lowest BCUT2D eigenvalue weighted by atomic mass is 9.80. The van der Waals surface area contributed by atoms with Gasteiger partial charge in [-0.2, -0.15) is 5.10 Å². The Balaban J connectivity index is 2.16. The summed E-state index contributed by atoms with van der Waals surface area (Å²) in [4.78, 5) is 11.1. The van der Waals surface area contributed by atoms with Gasteiger partial charge in [-0.05, 0) is 38.2 Å². The van der Waals surface area contributed by atoms with Gasteiger partial charge >= 0.3 is 5.97 Å². The van der Waals surface area contributed by atoms with Crippen LogP contribution in [-0.2, 0) is 4.79 Å². The lowest BCUT2D eigenvalue weighted by Crippen LogP contribution is -2.51. The van der Waals surface area contributed by atoms with Gasteiger partial charge < -0.3 is 10.8 Å². The van der Waals surface area contributed by atoms with Crippen LogP contribution in [0, 0.1) is 6.92 Å². The molecule has 2 atom stereocenters. The molecule has 1 aliphatic rings. The van der Waals surface area contributed by atoms with Crippen molar-refractivity contribution in [2.75, 3.05) is 0 Å². The molecule has 1 aromatic rings. The molecule has 0 radical (unpaired) electrons. The summed E-state index contributed by atoms with van der Waals surface area (Å²) in [6.07, 6.45) is 6.54. The number of aryl methyl sites for hydroxylation is 1. The topological polar surface area (TPSA) is 81.1 Å². The van der Waals surface area contributed by atoms with E-state index in [1.165, 1.54) is 0 Å². The first kappa shape index (κ1) is 11.1. The second-order valence-electron chi connectivity index (χ2n) is 4.71. The third kappa shape index (κ3) is 1.95. The Labute approximate surface area is 94.2 Å². The average molecular weight is 223 g/mol. The fraction of sp³-hybridized carbons (Fsp3) is 0.636. The first-order chi connectivity index (χ1) is 7.51. The van der Waals surface area contributed by atoms with Gasteiger partial charge in [0.2, 0.25) is 0 Å². The summed E-state index contributed by atoms with van der Waals surface area (Å²) in [6.45, 7) is 1.97. The van der Waals surface area contributed by atoms with Gasteiger partial charge in [0.15, 0.2) is 0 Å². The largest absolute Gasteiger partial charge is 0.480 e. The quantitative estimate of drug-likeness (QED) is 0.786. The van der Waals surface area contributed by atoms with Crippen LogP contribution in [0.15, 0.2) is 12.4 Å². The molecule has 1 aromatic heterocycles. The van der Waals surface area contributed by atoms with E-state index in [1.807, 2.05) is 17.8 Å². The molecule has 0 amide bonds. The molecule has 1 heterocycles. The zero-order valence-electron chi connectivity index (χ0n) is 9.39. The van der Waals surface area contributed by atoms with Crippen molar-refractivity contribution in [3.63, 3.8) is 0 Å². The highest BCUT2D eigenvalue weighted by molar-refractivity contribution is 5.78. The molecule has 0 bridgehead atoms. The van der Waals surface area contributed by atoms with Crippen LogP contribution >= 0.6 is 0 Å². The summed E-state index contributed by atoms with van der Waals surface area (Å²) in [5.74, 6) is -0.902. The van der Waals surface area contributed by atoms with E-state index < -0.39 is 11.5 Å². The number of carboxylic acids is 1. The number of aliphatic carboxylic acids is 1. The number of rotatable bonds is 2. The molecule has 5 heteroatoms. The monoisotopic (exact) mass is 223 g/mol. The van der Waals surface area contributed by atoms with Gasteiger partial charge in [-0.25, -0.2) is 0 Å². The minimum atomic E-state index is -1.08. The van der Waals surface area contributed by atoms with E-state index in [2.05, 4.69) is 5.10 Å². The molecule has 1 fully saturated rings. The number of hydrogen-bond acceptors (Lipinski definition) is 3. The molecule has 0 saturated heterocycles. The molecule has 5 nitrogen and oxygen atoms in total. The Morgan fingerprint density at radius 2 is 2.50 bits per heavy atom. The van der Waals surface area contributed by atoms with Crippen molar-refractivity contribution in [2.45, 2.75) is 44.2 Å². The van der Waals surface area contributed by atoms with Crippen LogP contribution < -0.4 is 5.73 Å². The molecule has 1 aliphatic carbocycles. The normalized spacial score (nSPS) is 30.2. The predicted octanol–water partition coefficient (Wildman–Crippen LogP) is 1.09. The van der Waals surface area contributed by atoms with Crippen molar-refractivity contribution in [3.8, 4) is 0 Å². The summed E-state index contributed by atoms with van der Waals surface area (Å²) in [5, 5.41) is 13.3. The minimum absolute atomic E-state index is 0.114. The van der Waals surface area contributed by atoms with E-state index >= 15 is 0 Å². The van der Waals surface area contributed by atoms with Crippen molar-refractivity contribution in [2.24, 2.45) is 5.73 Å². The van der Waals surface area contributed by atoms with E-state index in [0.29, 0.717) is 12.8 Å². The van der Waals surface area contributed by atoms with Crippen LogP contribution in [0.2, 0.25) is 0 Å². The van der Waals surface area contributed by atoms with E-state index in [1.54, 1.807) is 6.20 Å².